The average molecular weight is 263 g/mol. The SMILES string of the molecule is CCOC(=O)[C@H](Br)[C@@H]1CCC[C@H](C)C1. The summed E-state index contributed by atoms with van der Waals surface area (Å²) in [7, 11) is 0. The lowest BCUT2D eigenvalue weighted by atomic mass is 9.81. The van der Waals surface area contributed by atoms with E-state index in [2.05, 4.69) is 22.9 Å². The topological polar surface area (TPSA) is 26.3 Å². The molecule has 0 heterocycles. The predicted octanol–water partition coefficient (Wildman–Crippen LogP) is 3.14. The van der Waals surface area contributed by atoms with Crippen LogP contribution in [0.3, 0.4) is 0 Å². The summed E-state index contributed by atoms with van der Waals surface area (Å²) >= 11 is 3.46. The van der Waals surface area contributed by atoms with Crippen molar-refractivity contribution in [3.8, 4) is 0 Å². The molecule has 14 heavy (non-hydrogen) atoms. The minimum atomic E-state index is -0.0924. The van der Waals surface area contributed by atoms with E-state index in [0.717, 1.165) is 18.8 Å². The lowest BCUT2D eigenvalue weighted by Gasteiger charge is -2.29. The maximum atomic E-state index is 11.5. The maximum Gasteiger partial charge on any atom is 0.319 e. The Labute approximate surface area is 94.5 Å². The number of ether oxygens (including phenoxy) is 1. The molecule has 1 aliphatic rings. The molecule has 0 bridgehead atoms. The van der Waals surface area contributed by atoms with Gasteiger partial charge in [-0.1, -0.05) is 35.7 Å². The summed E-state index contributed by atoms with van der Waals surface area (Å²) in [6.45, 7) is 4.58. The number of hydrogen-bond acceptors (Lipinski definition) is 2. The lowest BCUT2D eigenvalue weighted by Crippen LogP contribution is -2.29. The van der Waals surface area contributed by atoms with Gasteiger partial charge < -0.3 is 4.74 Å². The predicted molar refractivity (Wildman–Crippen MR) is 60.5 cm³/mol. The first-order valence-electron chi connectivity index (χ1n) is 5.45. The van der Waals surface area contributed by atoms with Crippen molar-refractivity contribution >= 4 is 21.9 Å². The van der Waals surface area contributed by atoms with Crippen molar-refractivity contribution in [2.75, 3.05) is 6.61 Å². The number of carbonyl (C=O) groups is 1. The minimum Gasteiger partial charge on any atom is -0.465 e. The first kappa shape index (κ1) is 12.0. The molecule has 0 aromatic carbocycles. The highest BCUT2D eigenvalue weighted by Crippen LogP contribution is 2.34. The molecule has 3 heteroatoms. The van der Waals surface area contributed by atoms with Gasteiger partial charge in [-0.3, -0.25) is 4.79 Å². The van der Waals surface area contributed by atoms with E-state index in [1.807, 2.05) is 6.92 Å². The molecule has 3 atom stereocenters. The fourth-order valence-electron chi connectivity index (χ4n) is 2.16. The molecule has 0 radical (unpaired) electrons. The Bertz CT molecular complexity index is 194. The molecule has 82 valence electrons. The van der Waals surface area contributed by atoms with Gasteiger partial charge in [0, 0.05) is 0 Å². The quantitative estimate of drug-likeness (QED) is 0.577. The van der Waals surface area contributed by atoms with E-state index < -0.39 is 0 Å². The van der Waals surface area contributed by atoms with E-state index in [0.29, 0.717) is 12.5 Å². The van der Waals surface area contributed by atoms with Gasteiger partial charge in [0.2, 0.25) is 0 Å². The number of hydrogen-bond donors (Lipinski definition) is 0. The van der Waals surface area contributed by atoms with Crippen molar-refractivity contribution in [3.63, 3.8) is 0 Å². The van der Waals surface area contributed by atoms with Crippen LogP contribution in [0.5, 0.6) is 0 Å². The highest BCUT2D eigenvalue weighted by molar-refractivity contribution is 9.10. The van der Waals surface area contributed by atoms with E-state index in [9.17, 15) is 4.79 Å². The highest BCUT2D eigenvalue weighted by Gasteiger charge is 2.30. The molecule has 1 rings (SSSR count). The smallest absolute Gasteiger partial charge is 0.319 e. The van der Waals surface area contributed by atoms with Gasteiger partial charge in [-0.05, 0) is 31.6 Å². The van der Waals surface area contributed by atoms with E-state index in [4.69, 9.17) is 4.74 Å². The largest absolute Gasteiger partial charge is 0.465 e. The molecule has 0 amide bonds. The van der Waals surface area contributed by atoms with Gasteiger partial charge in [-0.25, -0.2) is 0 Å². The van der Waals surface area contributed by atoms with E-state index in [-0.39, 0.29) is 10.8 Å². The molecule has 0 saturated heterocycles. The lowest BCUT2D eigenvalue weighted by molar-refractivity contribution is -0.143. The second-order valence-corrected chi connectivity index (χ2v) is 5.17. The minimum absolute atomic E-state index is 0.0911. The summed E-state index contributed by atoms with van der Waals surface area (Å²) < 4.78 is 5.01. The summed E-state index contributed by atoms with van der Waals surface area (Å²) in [5.41, 5.74) is 0. The van der Waals surface area contributed by atoms with Crippen LogP contribution in [0.15, 0.2) is 0 Å². The van der Waals surface area contributed by atoms with Crippen molar-refractivity contribution in [2.24, 2.45) is 11.8 Å². The number of carbonyl (C=O) groups excluding carboxylic acids is 1. The van der Waals surface area contributed by atoms with Gasteiger partial charge in [-0.2, -0.15) is 0 Å². The fourth-order valence-corrected chi connectivity index (χ4v) is 2.77. The second kappa shape index (κ2) is 5.74. The van der Waals surface area contributed by atoms with Crippen LogP contribution in [0, 0.1) is 11.8 Å². The summed E-state index contributed by atoms with van der Waals surface area (Å²) in [6.07, 6.45) is 4.85. The standard InChI is InChI=1S/C11H19BrO2/c1-3-14-11(13)10(12)9-6-4-5-8(2)7-9/h8-10H,3-7H2,1-2H3/t8-,9+,10+/m0/s1. The molecular weight excluding hydrogens is 244 g/mol. The number of halogens is 1. The first-order chi connectivity index (χ1) is 6.65. The second-order valence-electron chi connectivity index (χ2n) is 4.19. The monoisotopic (exact) mass is 262 g/mol. The van der Waals surface area contributed by atoms with Crippen LogP contribution >= 0.6 is 15.9 Å². The summed E-state index contributed by atoms with van der Waals surface area (Å²) in [4.78, 5) is 11.4. The van der Waals surface area contributed by atoms with Crippen LogP contribution in [0.25, 0.3) is 0 Å². The van der Waals surface area contributed by atoms with Crippen molar-refractivity contribution in [2.45, 2.75) is 44.4 Å². The Morgan fingerprint density at radius 2 is 2.29 bits per heavy atom. The molecule has 0 aliphatic heterocycles. The maximum absolute atomic E-state index is 11.5. The van der Waals surface area contributed by atoms with Gasteiger partial charge in [0.05, 0.1) is 6.61 Å². The average Bonchev–Trinajstić information content (AvgIpc) is 2.17. The molecule has 1 saturated carbocycles. The zero-order valence-corrected chi connectivity index (χ0v) is 10.5. The van der Waals surface area contributed by atoms with Crippen LogP contribution in [-0.2, 0) is 9.53 Å². The fraction of sp³-hybridized carbons (Fsp3) is 0.909. The Morgan fingerprint density at radius 1 is 1.57 bits per heavy atom. The van der Waals surface area contributed by atoms with Crippen LogP contribution in [0.2, 0.25) is 0 Å². The van der Waals surface area contributed by atoms with Crippen LogP contribution in [-0.4, -0.2) is 17.4 Å². The van der Waals surface area contributed by atoms with Crippen LogP contribution in [0.1, 0.15) is 39.5 Å². The third kappa shape index (κ3) is 3.26. The van der Waals surface area contributed by atoms with Gasteiger partial charge >= 0.3 is 5.97 Å². The summed E-state index contributed by atoms with van der Waals surface area (Å²) in [5, 5.41) is 0. The molecule has 0 aromatic rings. The van der Waals surface area contributed by atoms with Crippen LogP contribution in [0.4, 0.5) is 0 Å². The van der Waals surface area contributed by atoms with Crippen molar-refractivity contribution in [1.82, 2.24) is 0 Å². The van der Waals surface area contributed by atoms with Crippen molar-refractivity contribution in [1.29, 1.82) is 0 Å². The Hall–Kier alpha value is -0.0500. The normalized spacial score (nSPS) is 29.6. The highest BCUT2D eigenvalue weighted by atomic mass is 79.9. The molecule has 0 aromatic heterocycles. The van der Waals surface area contributed by atoms with E-state index in [1.165, 1.54) is 12.8 Å². The summed E-state index contributed by atoms with van der Waals surface area (Å²) in [5.74, 6) is 1.13. The molecular formula is C11H19BrO2. The van der Waals surface area contributed by atoms with Gasteiger partial charge in [0.25, 0.3) is 0 Å². The molecule has 0 spiro atoms. The number of esters is 1. The van der Waals surface area contributed by atoms with Crippen LogP contribution < -0.4 is 0 Å². The van der Waals surface area contributed by atoms with E-state index >= 15 is 0 Å². The Kier molecular flexibility index (Phi) is 4.93. The van der Waals surface area contributed by atoms with Crippen molar-refractivity contribution < 1.29 is 9.53 Å². The third-order valence-electron chi connectivity index (χ3n) is 2.90. The zero-order valence-electron chi connectivity index (χ0n) is 8.96. The third-order valence-corrected chi connectivity index (χ3v) is 4.02. The van der Waals surface area contributed by atoms with Crippen molar-refractivity contribution in [3.05, 3.63) is 0 Å². The Balaban J connectivity index is 2.42. The molecule has 1 fully saturated rings. The molecule has 1 aliphatic carbocycles. The van der Waals surface area contributed by atoms with E-state index in [1.54, 1.807) is 0 Å². The summed E-state index contributed by atoms with van der Waals surface area (Å²) in [6, 6.07) is 0. The molecule has 0 unspecified atom stereocenters. The molecule has 0 N–H and O–H groups in total. The molecule has 2 nitrogen and oxygen atoms in total. The number of rotatable bonds is 3. The number of alkyl halides is 1. The van der Waals surface area contributed by atoms with Gasteiger partial charge in [0.1, 0.15) is 4.83 Å². The van der Waals surface area contributed by atoms with Gasteiger partial charge in [0.15, 0.2) is 0 Å². The zero-order chi connectivity index (χ0) is 10.6. The first-order valence-corrected chi connectivity index (χ1v) is 6.37. The van der Waals surface area contributed by atoms with Gasteiger partial charge in [-0.15, -0.1) is 0 Å². The Morgan fingerprint density at radius 3 is 2.86 bits per heavy atom.